The van der Waals surface area contributed by atoms with Crippen molar-refractivity contribution in [2.24, 2.45) is 0 Å². The largest absolute Gasteiger partial charge is 0.462 e. The Hall–Kier alpha value is -1.68. The Labute approximate surface area is 167 Å². The summed E-state index contributed by atoms with van der Waals surface area (Å²) in [4.78, 5) is 18.3. The summed E-state index contributed by atoms with van der Waals surface area (Å²) in [5.41, 5.74) is 0.282. The van der Waals surface area contributed by atoms with Crippen molar-refractivity contribution in [2.45, 2.75) is 30.0 Å². The molecule has 1 saturated heterocycles. The van der Waals surface area contributed by atoms with Gasteiger partial charge in [-0.05, 0) is 37.3 Å². The van der Waals surface area contributed by atoms with Crippen LogP contribution in [-0.4, -0.2) is 45.1 Å². The minimum absolute atomic E-state index is 0.134. The van der Waals surface area contributed by atoms with E-state index in [9.17, 15) is 13.2 Å². The van der Waals surface area contributed by atoms with Crippen molar-refractivity contribution in [1.29, 1.82) is 0 Å². The first-order chi connectivity index (χ1) is 12.9. The highest BCUT2D eigenvalue weighted by atomic mass is 35.5. The number of nitrogens with one attached hydrogen (secondary N) is 1. The summed E-state index contributed by atoms with van der Waals surface area (Å²) in [5, 5.41) is 1.99. The van der Waals surface area contributed by atoms with Gasteiger partial charge in [-0.2, -0.15) is 0 Å². The third kappa shape index (κ3) is 4.78. The minimum Gasteiger partial charge on any atom is -0.462 e. The van der Waals surface area contributed by atoms with Crippen LogP contribution in [0.15, 0.2) is 34.0 Å². The van der Waals surface area contributed by atoms with Crippen molar-refractivity contribution in [3.8, 4) is 0 Å². The predicted octanol–water partition coefficient (Wildman–Crippen LogP) is 2.92. The van der Waals surface area contributed by atoms with E-state index in [1.807, 2.05) is 4.90 Å². The van der Waals surface area contributed by atoms with Gasteiger partial charge >= 0.3 is 5.97 Å². The molecular formula is C17H20ClN3O4S2. The number of anilines is 1. The molecule has 1 N–H and O–H groups in total. The van der Waals surface area contributed by atoms with Crippen molar-refractivity contribution >= 4 is 44.7 Å². The lowest BCUT2D eigenvalue weighted by molar-refractivity contribution is 0.0526. The zero-order valence-electron chi connectivity index (χ0n) is 14.7. The van der Waals surface area contributed by atoms with E-state index in [1.165, 1.54) is 17.5 Å². The lowest BCUT2D eigenvalue weighted by atomic mass is 10.1. The molecule has 0 aromatic carbocycles. The molecule has 0 unspecified atom stereocenters. The average Bonchev–Trinajstić information content (AvgIpc) is 3.18. The summed E-state index contributed by atoms with van der Waals surface area (Å²) in [6, 6.07) is 4.80. The number of rotatable bonds is 6. The number of piperidine rings is 1. The summed E-state index contributed by atoms with van der Waals surface area (Å²) in [5.74, 6) is 0.145. The van der Waals surface area contributed by atoms with Crippen molar-refractivity contribution in [2.75, 3.05) is 24.6 Å². The SMILES string of the molecule is CCOC(=O)c1cc(N2CCC(NS(=O)(=O)c3cccs3)CC2)ncc1Cl. The second-order valence-corrected chi connectivity index (χ2v) is 9.35. The normalized spacial score (nSPS) is 15.7. The molecule has 0 bridgehead atoms. The number of thiophene rings is 1. The smallest absolute Gasteiger partial charge is 0.339 e. The highest BCUT2D eigenvalue weighted by Gasteiger charge is 2.26. The average molecular weight is 430 g/mol. The van der Waals surface area contributed by atoms with Crippen molar-refractivity contribution < 1.29 is 17.9 Å². The number of nitrogens with zero attached hydrogens (tertiary/aromatic N) is 2. The van der Waals surface area contributed by atoms with Gasteiger partial charge in [0.2, 0.25) is 10.0 Å². The Morgan fingerprint density at radius 3 is 2.81 bits per heavy atom. The van der Waals surface area contributed by atoms with Gasteiger partial charge in [0.05, 0.1) is 17.2 Å². The molecule has 1 aliphatic rings. The van der Waals surface area contributed by atoms with E-state index in [0.717, 1.165) is 0 Å². The van der Waals surface area contributed by atoms with Gasteiger partial charge in [0.25, 0.3) is 0 Å². The molecule has 2 aromatic heterocycles. The molecule has 27 heavy (non-hydrogen) atoms. The van der Waals surface area contributed by atoms with Crippen LogP contribution < -0.4 is 9.62 Å². The molecule has 146 valence electrons. The molecule has 2 aromatic rings. The van der Waals surface area contributed by atoms with E-state index in [1.54, 1.807) is 30.5 Å². The fourth-order valence-electron chi connectivity index (χ4n) is 2.89. The molecule has 3 heterocycles. The number of ether oxygens (including phenoxy) is 1. The third-order valence-corrected chi connectivity index (χ3v) is 7.46. The molecule has 1 fully saturated rings. The van der Waals surface area contributed by atoms with Gasteiger partial charge in [-0.25, -0.2) is 22.9 Å². The number of carbonyl (C=O) groups excluding carboxylic acids is 1. The first-order valence-corrected chi connectivity index (χ1v) is 11.3. The van der Waals surface area contributed by atoms with Gasteiger partial charge in [-0.3, -0.25) is 0 Å². The molecular weight excluding hydrogens is 410 g/mol. The second-order valence-electron chi connectivity index (χ2n) is 6.06. The fraction of sp³-hybridized carbons (Fsp3) is 0.412. The molecule has 1 aliphatic heterocycles. The Bertz CT molecular complexity index is 895. The number of sulfonamides is 1. The van der Waals surface area contributed by atoms with Gasteiger partial charge in [-0.15, -0.1) is 11.3 Å². The first kappa shape index (κ1) is 20.1. The fourth-order valence-corrected chi connectivity index (χ4v) is 5.38. The first-order valence-electron chi connectivity index (χ1n) is 8.54. The summed E-state index contributed by atoms with van der Waals surface area (Å²) in [7, 11) is -3.47. The molecule has 7 nitrogen and oxygen atoms in total. The molecule has 3 rings (SSSR count). The van der Waals surface area contributed by atoms with Crippen LogP contribution in [0.4, 0.5) is 5.82 Å². The second kappa shape index (κ2) is 8.55. The number of hydrogen-bond donors (Lipinski definition) is 1. The number of carbonyl (C=O) groups is 1. The van der Waals surface area contributed by atoms with Crippen LogP contribution in [0, 0.1) is 0 Å². The summed E-state index contributed by atoms with van der Waals surface area (Å²) >= 11 is 7.25. The van der Waals surface area contributed by atoms with E-state index in [0.29, 0.717) is 36.0 Å². The van der Waals surface area contributed by atoms with Crippen LogP contribution >= 0.6 is 22.9 Å². The zero-order valence-corrected chi connectivity index (χ0v) is 17.1. The lowest BCUT2D eigenvalue weighted by Crippen LogP contribution is -2.44. The number of hydrogen-bond acceptors (Lipinski definition) is 7. The number of halogens is 1. The quantitative estimate of drug-likeness (QED) is 0.710. The third-order valence-electron chi connectivity index (χ3n) is 4.24. The minimum atomic E-state index is -3.47. The molecule has 0 saturated carbocycles. The van der Waals surface area contributed by atoms with Gasteiger partial charge in [0.1, 0.15) is 10.0 Å². The number of aromatic nitrogens is 1. The highest BCUT2D eigenvalue weighted by Crippen LogP contribution is 2.25. The van der Waals surface area contributed by atoms with E-state index < -0.39 is 16.0 Å². The maximum atomic E-state index is 12.3. The van der Waals surface area contributed by atoms with Gasteiger partial charge in [0, 0.05) is 25.3 Å². The molecule has 10 heteroatoms. The monoisotopic (exact) mass is 429 g/mol. The van der Waals surface area contributed by atoms with Gasteiger partial charge < -0.3 is 9.64 Å². The molecule has 0 atom stereocenters. The van der Waals surface area contributed by atoms with Crippen molar-refractivity contribution in [3.05, 3.63) is 40.4 Å². The van der Waals surface area contributed by atoms with Crippen LogP contribution in [0.5, 0.6) is 0 Å². The molecule has 0 spiro atoms. The zero-order chi connectivity index (χ0) is 19.4. The van der Waals surface area contributed by atoms with E-state index in [-0.39, 0.29) is 23.2 Å². The van der Waals surface area contributed by atoms with Crippen LogP contribution in [0.2, 0.25) is 5.02 Å². The topological polar surface area (TPSA) is 88.6 Å². The number of pyridine rings is 1. The summed E-state index contributed by atoms with van der Waals surface area (Å²) in [6.45, 7) is 3.24. The van der Waals surface area contributed by atoms with E-state index >= 15 is 0 Å². The maximum absolute atomic E-state index is 12.3. The summed E-state index contributed by atoms with van der Waals surface area (Å²) in [6.07, 6.45) is 2.72. The summed E-state index contributed by atoms with van der Waals surface area (Å²) < 4.78 is 32.8. The molecule has 0 amide bonds. The lowest BCUT2D eigenvalue weighted by Gasteiger charge is -2.33. The standard InChI is InChI=1S/C17H20ClN3O4S2/c1-2-25-17(22)13-10-15(19-11-14(13)18)21-7-5-12(6-8-21)20-27(23,24)16-4-3-9-26-16/h3-4,9-12,20H,2,5-8H2,1H3. The maximum Gasteiger partial charge on any atom is 0.339 e. The number of esters is 1. The van der Waals surface area contributed by atoms with Crippen molar-refractivity contribution in [1.82, 2.24) is 9.71 Å². The Morgan fingerprint density at radius 1 is 1.44 bits per heavy atom. The predicted molar refractivity (Wildman–Crippen MR) is 105 cm³/mol. The van der Waals surface area contributed by atoms with E-state index in [2.05, 4.69) is 9.71 Å². The van der Waals surface area contributed by atoms with Crippen LogP contribution in [0.3, 0.4) is 0 Å². The van der Waals surface area contributed by atoms with Gasteiger partial charge in [-0.1, -0.05) is 17.7 Å². The molecule has 0 aliphatic carbocycles. The molecule has 0 radical (unpaired) electrons. The highest BCUT2D eigenvalue weighted by molar-refractivity contribution is 7.91. The van der Waals surface area contributed by atoms with Crippen LogP contribution in [0.1, 0.15) is 30.1 Å². The van der Waals surface area contributed by atoms with Gasteiger partial charge in [0.15, 0.2) is 0 Å². The van der Waals surface area contributed by atoms with Crippen molar-refractivity contribution in [3.63, 3.8) is 0 Å². The van der Waals surface area contributed by atoms with Crippen LogP contribution in [0.25, 0.3) is 0 Å². The Morgan fingerprint density at radius 2 is 2.19 bits per heavy atom. The van der Waals surface area contributed by atoms with E-state index in [4.69, 9.17) is 16.3 Å². The Kier molecular flexibility index (Phi) is 6.36. The van der Waals surface area contributed by atoms with Crippen LogP contribution in [-0.2, 0) is 14.8 Å². The Balaban J connectivity index is 1.64.